The summed E-state index contributed by atoms with van der Waals surface area (Å²) in [7, 11) is 2.15. The number of nitrogens with zero attached hydrogens (tertiary/aromatic N) is 4. The zero-order chi connectivity index (χ0) is 16.5. The van der Waals surface area contributed by atoms with Crippen LogP contribution in [0.3, 0.4) is 0 Å². The topological polar surface area (TPSA) is 63.3 Å². The molecule has 5 nitrogen and oxygen atoms in total. The van der Waals surface area contributed by atoms with E-state index in [4.69, 9.17) is 15.3 Å². The van der Waals surface area contributed by atoms with Crippen molar-refractivity contribution in [3.63, 3.8) is 0 Å². The van der Waals surface area contributed by atoms with E-state index in [-0.39, 0.29) is 5.57 Å². The van der Waals surface area contributed by atoms with Gasteiger partial charge in [-0.1, -0.05) is 18.2 Å². The van der Waals surface area contributed by atoms with Gasteiger partial charge >= 0.3 is 0 Å². The molecule has 0 radical (unpaired) electrons. The molecule has 0 N–H and O–H groups in total. The van der Waals surface area contributed by atoms with Gasteiger partial charge in [0, 0.05) is 38.3 Å². The highest BCUT2D eigenvalue weighted by Crippen LogP contribution is 2.21. The molecule has 1 aromatic carbocycles. The number of piperazine rings is 1. The third-order valence-corrected chi connectivity index (χ3v) is 3.93. The van der Waals surface area contributed by atoms with Crippen LogP contribution in [-0.4, -0.2) is 56.2 Å². The lowest BCUT2D eigenvalue weighted by molar-refractivity contribution is 0.145. The van der Waals surface area contributed by atoms with Gasteiger partial charge in [-0.3, -0.25) is 0 Å². The normalized spacial score (nSPS) is 15.4. The Bertz CT molecular complexity index is 603. The quantitative estimate of drug-likeness (QED) is 0.595. The predicted molar refractivity (Wildman–Crippen MR) is 89.7 cm³/mol. The molecule has 23 heavy (non-hydrogen) atoms. The highest BCUT2D eigenvalue weighted by Gasteiger charge is 2.12. The second kappa shape index (κ2) is 8.95. The Morgan fingerprint density at radius 2 is 1.87 bits per heavy atom. The summed E-state index contributed by atoms with van der Waals surface area (Å²) in [4.78, 5) is 4.80. The molecule has 120 valence electrons. The fourth-order valence-electron chi connectivity index (χ4n) is 2.52. The minimum absolute atomic E-state index is 0.0819. The molecule has 5 heteroatoms. The summed E-state index contributed by atoms with van der Waals surface area (Å²) in [5.74, 6) is 0.717. The lowest BCUT2D eigenvalue weighted by atomic mass is 10.1. The number of para-hydroxylation sites is 1. The zero-order valence-electron chi connectivity index (χ0n) is 13.5. The molecule has 2 rings (SSSR count). The summed E-state index contributed by atoms with van der Waals surface area (Å²) in [6.07, 6.45) is 2.53. The maximum atomic E-state index is 8.86. The van der Waals surface area contributed by atoms with Crippen molar-refractivity contribution < 1.29 is 4.74 Å². The summed E-state index contributed by atoms with van der Waals surface area (Å²) in [5, 5.41) is 17.7. The Hall–Kier alpha value is -2.34. The maximum absolute atomic E-state index is 8.86. The Labute approximate surface area is 138 Å². The van der Waals surface area contributed by atoms with E-state index in [2.05, 4.69) is 16.8 Å². The van der Waals surface area contributed by atoms with Gasteiger partial charge in [-0.25, -0.2) is 0 Å². The minimum atomic E-state index is 0.0819. The van der Waals surface area contributed by atoms with Crippen LogP contribution in [0.15, 0.2) is 29.8 Å². The SMILES string of the molecule is CN1CCN(CCCOc2ccccc2C=C(C#N)C#N)CC1. The Morgan fingerprint density at radius 1 is 1.17 bits per heavy atom. The van der Waals surface area contributed by atoms with E-state index in [0.29, 0.717) is 12.4 Å². The number of likely N-dealkylation sites (N-methyl/N-ethyl adjacent to an activating group) is 1. The maximum Gasteiger partial charge on any atom is 0.130 e. The van der Waals surface area contributed by atoms with E-state index in [1.54, 1.807) is 6.08 Å². The van der Waals surface area contributed by atoms with E-state index in [1.165, 1.54) is 0 Å². The van der Waals surface area contributed by atoms with Gasteiger partial charge in [0.05, 0.1) is 6.61 Å². The number of hydrogen-bond acceptors (Lipinski definition) is 5. The monoisotopic (exact) mass is 310 g/mol. The standard InChI is InChI=1S/C18H22N4O/c1-21-8-10-22(11-9-21)7-4-12-23-18-6-3-2-5-17(18)13-16(14-19)15-20/h2-3,5-6,13H,4,7-12H2,1H3. The first-order chi connectivity index (χ1) is 11.2. The second-order valence-electron chi connectivity index (χ2n) is 5.67. The minimum Gasteiger partial charge on any atom is -0.493 e. The summed E-state index contributed by atoms with van der Waals surface area (Å²) < 4.78 is 5.84. The molecule has 0 aliphatic carbocycles. The van der Waals surface area contributed by atoms with Crippen LogP contribution in [0.25, 0.3) is 6.08 Å². The molecular formula is C18H22N4O. The van der Waals surface area contributed by atoms with Crippen molar-refractivity contribution in [3.05, 3.63) is 35.4 Å². The van der Waals surface area contributed by atoms with Gasteiger partial charge in [-0.2, -0.15) is 10.5 Å². The second-order valence-corrected chi connectivity index (χ2v) is 5.67. The summed E-state index contributed by atoms with van der Waals surface area (Å²) in [5.41, 5.74) is 0.851. The fraction of sp³-hybridized carbons (Fsp3) is 0.444. The van der Waals surface area contributed by atoms with Crippen molar-refractivity contribution in [1.29, 1.82) is 10.5 Å². The molecule has 0 spiro atoms. The van der Waals surface area contributed by atoms with Gasteiger partial charge in [0.15, 0.2) is 0 Å². The van der Waals surface area contributed by atoms with Crippen LogP contribution < -0.4 is 4.74 Å². The smallest absolute Gasteiger partial charge is 0.130 e. The van der Waals surface area contributed by atoms with Gasteiger partial charge in [0.2, 0.25) is 0 Å². The van der Waals surface area contributed by atoms with E-state index >= 15 is 0 Å². The molecule has 1 heterocycles. The van der Waals surface area contributed by atoms with Crippen LogP contribution in [0.2, 0.25) is 0 Å². The highest BCUT2D eigenvalue weighted by atomic mass is 16.5. The van der Waals surface area contributed by atoms with Crippen LogP contribution in [0.4, 0.5) is 0 Å². The summed E-state index contributed by atoms with van der Waals surface area (Å²) in [6.45, 7) is 6.14. The van der Waals surface area contributed by atoms with Gasteiger partial charge < -0.3 is 14.5 Å². The third kappa shape index (κ3) is 5.41. The molecule has 0 unspecified atom stereocenters. The zero-order valence-corrected chi connectivity index (χ0v) is 13.5. The molecule has 1 aromatic rings. The lowest BCUT2D eigenvalue weighted by Crippen LogP contribution is -2.44. The number of benzene rings is 1. The molecular weight excluding hydrogens is 288 g/mol. The number of allylic oxidation sites excluding steroid dienone is 1. The molecule has 0 amide bonds. The molecule has 0 atom stereocenters. The van der Waals surface area contributed by atoms with Crippen molar-refractivity contribution in [3.8, 4) is 17.9 Å². The van der Waals surface area contributed by atoms with Crippen molar-refractivity contribution in [2.75, 3.05) is 46.4 Å². The van der Waals surface area contributed by atoms with Gasteiger partial charge in [0.1, 0.15) is 23.5 Å². The molecule has 1 fully saturated rings. The molecule has 0 aromatic heterocycles. The Morgan fingerprint density at radius 3 is 2.57 bits per heavy atom. The van der Waals surface area contributed by atoms with Crippen molar-refractivity contribution >= 4 is 6.08 Å². The number of nitriles is 2. The predicted octanol–water partition coefficient (Wildman–Crippen LogP) is 2.13. The summed E-state index contributed by atoms with van der Waals surface area (Å²) >= 11 is 0. The van der Waals surface area contributed by atoms with Crippen molar-refractivity contribution in [1.82, 2.24) is 9.80 Å². The first-order valence-electron chi connectivity index (χ1n) is 7.87. The van der Waals surface area contributed by atoms with Gasteiger partial charge in [-0.15, -0.1) is 0 Å². The van der Waals surface area contributed by atoms with Crippen LogP contribution in [0.1, 0.15) is 12.0 Å². The average molecular weight is 310 g/mol. The van der Waals surface area contributed by atoms with Crippen LogP contribution in [0, 0.1) is 22.7 Å². The van der Waals surface area contributed by atoms with E-state index in [1.807, 2.05) is 36.4 Å². The summed E-state index contributed by atoms with van der Waals surface area (Å²) in [6, 6.07) is 11.2. The third-order valence-electron chi connectivity index (χ3n) is 3.93. The fourth-order valence-corrected chi connectivity index (χ4v) is 2.52. The first-order valence-corrected chi connectivity index (χ1v) is 7.87. The first kappa shape index (κ1) is 17.0. The van der Waals surface area contributed by atoms with Crippen molar-refractivity contribution in [2.24, 2.45) is 0 Å². The van der Waals surface area contributed by atoms with Gasteiger partial charge in [0.25, 0.3) is 0 Å². The Kier molecular flexibility index (Phi) is 6.62. The average Bonchev–Trinajstić information content (AvgIpc) is 2.59. The van der Waals surface area contributed by atoms with Crippen LogP contribution in [0.5, 0.6) is 5.75 Å². The number of hydrogen-bond donors (Lipinski definition) is 0. The molecule has 0 bridgehead atoms. The largest absolute Gasteiger partial charge is 0.493 e. The van der Waals surface area contributed by atoms with Gasteiger partial charge in [-0.05, 0) is 25.6 Å². The van der Waals surface area contributed by atoms with E-state index < -0.39 is 0 Å². The van der Waals surface area contributed by atoms with Crippen LogP contribution >= 0.6 is 0 Å². The molecule has 0 saturated carbocycles. The van der Waals surface area contributed by atoms with Crippen molar-refractivity contribution in [2.45, 2.75) is 6.42 Å². The van der Waals surface area contributed by atoms with Crippen LogP contribution in [-0.2, 0) is 0 Å². The van der Waals surface area contributed by atoms with E-state index in [9.17, 15) is 0 Å². The Balaban J connectivity index is 1.83. The molecule has 1 aliphatic heterocycles. The van der Waals surface area contributed by atoms with E-state index in [0.717, 1.165) is 44.7 Å². The number of ether oxygens (including phenoxy) is 1. The highest BCUT2D eigenvalue weighted by molar-refractivity contribution is 5.66. The lowest BCUT2D eigenvalue weighted by Gasteiger charge is -2.32. The molecule has 1 aliphatic rings. The molecule has 1 saturated heterocycles. The number of rotatable bonds is 6.